The predicted molar refractivity (Wildman–Crippen MR) is 123 cm³/mol. The molecule has 31 heavy (non-hydrogen) atoms. The van der Waals surface area contributed by atoms with E-state index >= 15 is 0 Å². The molecule has 1 heterocycles. The van der Waals surface area contributed by atoms with Gasteiger partial charge in [0, 0.05) is 18.5 Å². The zero-order valence-corrected chi connectivity index (χ0v) is 18.8. The fourth-order valence-corrected chi connectivity index (χ4v) is 6.42. The fraction of sp³-hybridized carbons (Fsp3) is 0.520. The molecule has 0 amide bonds. The summed E-state index contributed by atoms with van der Waals surface area (Å²) in [5.41, 5.74) is 4.20. The van der Waals surface area contributed by atoms with Gasteiger partial charge in [-0.3, -0.25) is 4.90 Å². The van der Waals surface area contributed by atoms with Crippen LogP contribution in [0.3, 0.4) is 0 Å². The van der Waals surface area contributed by atoms with E-state index < -0.39 is 10.0 Å². The Hall–Kier alpha value is -1.89. The van der Waals surface area contributed by atoms with E-state index in [0.29, 0.717) is 31.0 Å². The van der Waals surface area contributed by atoms with Crippen molar-refractivity contribution in [1.82, 2.24) is 9.62 Å². The Morgan fingerprint density at radius 3 is 2.58 bits per heavy atom. The summed E-state index contributed by atoms with van der Waals surface area (Å²) in [6.07, 6.45) is 5.52. The Morgan fingerprint density at radius 1 is 1.06 bits per heavy atom. The molecule has 1 saturated heterocycles. The van der Waals surface area contributed by atoms with Crippen LogP contribution < -0.4 is 9.46 Å². The zero-order valence-electron chi connectivity index (χ0n) is 18.0. The smallest absolute Gasteiger partial charge is 0.211 e. The highest BCUT2D eigenvalue weighted by Crippen LogP contribution is 2.41. The highest BCUT2D eigenvalue weighted by atomic mass is 32.2. The number of likely N-dealkylation sites (tertiary alicyclic amines) is 1. The van der Waals surface area contributed by atoms with E-state index in [2.05, 4.69) is 52.1 Å². The van der Waals surface area contributed by atoms with Gasteiger partial charge in [0.05, 0.1) is 5.75 Å². The Morgan fingerprint density at radius 2 is 1.87 bits per heavy atom. The molecule has 0 bridgehead atoms. The van der Waals surface area contributed by atoms with Crippen molar-refractivity contribution in [3.63, 3.8) is 0 Å². The Balaban J connectivity index is 1.24. The highest BCUT2D eigenvalue weighted by molar-refractivity contribution is 7.89. The predicted octanol–water partition coefficient (Wildman–Crippen LogP) is 3.35. The van der Waals surface area contributed by atoms with Crippen LogP contribution in [0.25, 0.3) is 0 Å². The molecule has 5 nitrogen and oxygen atoms in total. The van der Waals surface area contributed by atoms with Crippen molar-refractivity contribution in [3.05, 3.63) is 65.2 Å². The van der Waals surface area contributed by atoms with Crippen molar-refractivity contribution < 1.29 is 13.2 Å². The highest BCUT2D eigenvalue weighted by Gasteiger charge is 2.38. The first-order chi connectivity index (χ1) is 15.1. The number of fused-ring (bicyclic) bond motifs is 1. The number of sulfonamides is 1. The Bertz CT molecular complexity index is 1000. The monoisotopic (exact) mass is 440 g/mol. The molecule has 0 aromatic heterocycles. The number of ether oxygens (including phenoxy) is 1. The first-order valence-electron chi connectivity index (χ1n) is 11.6. The van der Waals surface area contributed by atoms with Gasteiger partial charge in [-0.05, 0) is 79.9 Å². The van der Waals surface area contributed by atoms with Crippen LogP contribution in [-0.4, -0.2) is 51.4 Å². The molecule has 2 aromatic rings. The summed E-state index contributed by atoms with van der Waals surface area (Å²) in [6.45, 7) is 3.07. The van der Waals surface area contributed by atoms with E-state index in [4.69, 9.17) is 4.74 Å². The average molecular weight is 441 g/mol. The van der Waals surface area contributed by atoms with E-state index in [1.54, 1.807) is 0 Å². The van der Waals surface area contributed by atoms with Gasteiger partial charge in [-0.1, -0.05) is 36.4 Å². The Labute approximate surface area is 185 Å². The SMILES string of the molecule is O=S(=O)(CC1CC1)NCCOc1ccc2c(c1)C(Cc1ccccc1)C(N1CCC1)C2. The second-order valence-corrected chi connectivity index (χ2v) is 11.1. The molecular weight excluding hydrogens is 408 g/mol. The molecule has 1 N–H and O–H groups in total. The molecule has 2 atom stereocenters. The third-order valence-electron chi connectivity index (χ3n) is 6.91. The average Bonchev–Trinajstić information content (AvgIpc) is 3.46. The van der Waals surface area contributed by atoms with Gasteiger partial charge < -0.3 is 4.74 Å². The van der Waals surface area contributed by atoms with E-state index in [-0.39, 0.29) is 5.75 Å². The summed E-state index contributed by atoms with van der Waals surface area (Å²) in [7, 11) is -3.17. The number of rotatable bonds is 10. The van der Waals surface area contributed by atoms with Gasteiger partial charge in [-0.2, -0.15) is 0 Å². The van der Waals surface area contributed by atoms with E-state index in [9.17, 15) is 8.42 Å². The molecule has 1 saturated carbocycles. The largest absolute Gasteiger partial charge is 0.492 e. The standard InChI is InChI=1S/C25H32N2O3S/c28-31(29,18-20-7-8-20)26-11-14-30-22-10-9-21-16-25(27-12-4-13-27)24(23(21)17-22)15-19-5-2-1-3-6-19/h1-3,5-6,9-10,17,20,24-26H,4,7-8,11-16,18H2. The lowest BCUT2D eigenvalue weighted by Gasteiger charge is -2.39. The summed E-state index contributed by atoms with van der Waals surface area (Å²) in [4.78, 5) is 2.63. The van der Waals surface area contributed by atoms with Crippen LogP contribution in [0.4, 0.5) is 0 Å². The van der Waals surface area contributed by atoms with Crippen LogP contribution in [0.5, 0.6) is 5.75 Å². The number of nitrogens with zero attached hydrogens (tertiary/aromatic N) is 1. The molecule has 2 unspecified atom stereocenters. The van der Waals surface area contributed by atoms with Gasteiger partial charge in [0.2, 0.25) is 10.0 Å². The number of hydrogen-bond donors (Lipinski definition) is 1. The lowest BCUT2D eigenvalue weighted by Crippen LogP contribution is -2.47. The second kappa shape index (κ2) is 8.93. The molecule has 6 heteroatoms. The quantitative estimate of drug-likeness (QED) is 0.576. The summed E-state index contributed by atoms with van der Waals surface area (Å²) in [6, 6.07) is 17.8. The van der Waals surface area contributed by atoms with Gasteiger partial charge in [0.25, 0.3) is 0 Å². The topological polar surface area (TPSA) is 58.6 Å². The van der Waals surface area contributed by atoms with Crippen LogP contribution in [0.2, 0.25) is 0 Å². The van der Waals surface area contributed by atoms with Crippen LogP contribution in [-0.2, 0) is 22.9 Å². The van der Waals surface area contributed by atoms with Gasteiger partial charge in [-0.25, -0.2) is 13.1 Å². The molecule has 0 radical (unpaired) electrons. The van der Waals surface area contributed by atoms with Gasteiger partial charge in [0.1, 0.15) is 12.4 Å². The molecule has 2 aliphatic carbocycles. The van der Waals surface area contributed by atoms with Crippen LogP contribution in [0.1, 0.15) is 41.9 Å². The first-order valence-corrected chi connectivity index (χ1v) is 13.2. The lowest BCUT2D eigenvalue weighted by molar-refractivity contribution is 0.106. The van der Waals surface area contributed by atoms with Crippen LogP contribution in [0.15, 0.2) is 48.5 Å². The minimum absolute atomic E-state index is 0.255. The van der Waals surface area contributed by atoms with Crippen molar-refractivity contribution in [2.75, 3.05) is 32.0 Å². The summed E-state index contributed by atoms with van der Waals surface area (Å²) < 4.78 is 32.7. The summed E-state index contributed by atoms with van der Waals surface area (Å²) in [5, 5.41) is 0. The van der Waals surface area contributed by atoms with E-state index in [0.717, 1.165) is 31.4 Å². The maximum atomic E-state index is 12.0. The van der Waals surface area contributed by atoms with Crippen LogP contribution in [0, 0.1) is 5.92 Å². The number of benzene rings is 2. The lowest BCUT2D eigenvalue weighted by atomic mass is 9.89. The molecule has 166 valence electrons. The third kappa shape index (κ3) is 5.13. The second-order valence-electron chi connectivity index (χ2n) is 9.29. The van der Waals surface area contributed by atoms with Crippen molar-refractivity contribution in [3.8, 4) is 5.75 Å². The normalized spacial score (nSPS) is 23.4. The number of nitrogens with one attached hydrogen (secondary N) is 1. The Kier molecular flexibility index (Phi) is 6.04. The van der Waals surface area contributed by atoms with Gasteiger partial charge >= 0.3 is 0 Å². The van der Waals surface area contributed by atoms with Crippen molar-refractivity contribution in [2.45, 2.75) is 44.1 Å². The zero-order chi connectivity index (χ0) is 21.3. The van der Waals surface area contributed by atoms with Crippen molar-refractivity contribution in [2.24, 2.45) is 5.92 Å². The van der Waals surface area contributed by atoms with Crippen LogP contribution >= 0.6 is 0 Å². The van der Waals surface area contributed by atoms with Crippen molar-refractivity contribution in [1.29, 1.82) is 0 Å². The molecular formula is C25H32N2O3S. The van der Waals surface area contributed by atoms with E-state index in [1.807, 2.05) is 6.07 Å². The minimum atomic E-state index is -3.17. The molecule has 5 rings (SSSR count). The summed E-state index contributed by atoms with van der Waals surface area (Å²) >= 11 is 0. The van der Waals surface area contributed by atoms with Gasteiger partial charge in [0.15, 0.2) is 0 Å². The molecule has 3 aliphatic rings. The molecule has 1 aliphatic heterocycles. The van der Waals surface area contributed by atoms with E-state index in [1.165, 1.54) is 36.2 Å². The molecule has 0 spiro atoms. The number of hydrogen-bond acceptors (Lipinski definition) is 4. The fourth-order valence-electron chi connectivity index (χ4n) is 4.96. The molecule has 2 aromatic carbocycles. The molecule has 2 fully saturated rings. The maximum absolute atomic E-state index is 12.0. The first kappa shape index (κ1) is 21.0. The van der Waals surface area contributed by atoms with Gasteiger partial charge in [-0.15, -0.1) is 0 Å². The minimum Gasteiger partial charge on any atom is -0.492 e. The summed E-state index contributed by atoms with van der Waals surface area (Å²) in [5.74, 6) is 1.92. The van der Waals surface area contributed by atoms with Crippen molar-refractivity contribution >= 4 is 10.0 Å². The third-order valence-corrected chi connectivity index (χ3v) is 8.47. The maximum Gasteiger partial charge on any atom is 0.211 e.